The van der Waals surface area contributed by atoms with Crippen molar-refractivity contribution in [2.45, 2.75) is 4.84 Å². The van der Waals surface area contributed by atoms with Crippen LogP contribution in [0.15, 0.2) is 42.5 Å². The van der Waals surface area contributed by atoms with Gasteiger partial charge in [0.1, 0.15) is 4.84 Å². The third kappa shape index (κ3) is 2.02. The zero-order valence-corrected chi connectivity index (χ0v) is 8.96. The molecule has 2 heteroatoms. The summed E-state index contributed by atoms with van der Waals surface area (Å²) in [6.07, 6.45) is 1.84. The maximum atomic E-state index is 5.72. The smallest absolute Gasteiger partial charge is 0.105 e. The number of halogens is 2. The van der Waals surface area contributed by atoms with Gasteiger partial charge in [0, 0.05) is 6.42 Å². The molecule has 2 rings (SSSR count). The molecule has 2 aromatic carbocycles. The quantitative estimate of drug-likeness (QED) is 0.670. The molecule has 0 saturated carbocycles. The van der Waals surface area contributed by atoms with Crippen LogP contribution in [0.1, 0.15) is 5.56 Å². The van der Waals surface area contributed by atoms with Crippen LogP contribution in [0, 0.1) is 6.42 Å². The van der Waals surface area contributed by atoms with Crippen LogP contribution in [-0.4, -0.2) is 4.84 Å². The maximum absolute atomic E-state index is 5.72. The van der Waals surface area contributed by atoms with E-state index >= 15 is 0 Å². The van der Waals surface area contributed by atoms with Crippen molar-refractivity contribution in [3.05, 3.63) is 54.4 Å². The van der Waals surface area contributed by atoms with E-state index in [0.29, 0.717) is 0 Å². The Morgan fingerprint density at radius 1 is 0.929 bits per heavy atom. The largest absolute Gasteiger partial charge is 0.115 e. The van der Waals surface area contributed by atoms with Crippen molar-refractivity contribution in [2.75, 3.05) is 0 Å². The van der Waals surface area contributed by atoms with Gasteiger partial charge in [-0.1, -0.05) is 42.5 Å². The van der Waals surface area contributed by atoms with Crippen molar-refractivity contribution in [3.8, 4) is 0 Å². The summed E-state index contributed by atoms with van der Waals surface area (Å²) in [4.78, 5) is -0.458. The van der Waals surface area contributed by atoms with Gasteiger partial charge in [-0.3, -0.25) is 0 Å². The van der Waals surface area contributed by atoms with E-state index in [9.17, 15) is 0 Å². The molecular formula is C12H9Cl2. The molecule has 71 valence electrons. The van der Waals surface area contributed by atoms with E-state index in [2.05, 4.69) is 18.2 Å². The number of alkyl halides is 2. The normalized spacial score (nSPS) is 11.1. The molecule has 0 N–H and O–H groups in total. The lowest BCUT2D eigenvalue weighted by Gasteiger charge is -2.05. The molecule has 0 aromatic heterocycles. The van der Waals surface area contributed by atoms with Crippen molar-refractivity contribution in [1.82, 2.24) is 0 Å². The fourth-order valence-corrected chi connectivity index (χ4v) is 1.80. The van der Waals surface area contributed by atoms with Gasteiger partial charge in [0.05, 0.1) is 0 Å². The third-order valence-electron chi connectivity index (χ3n) is 2.13. The second kappa shape index (κ2) is 4.20. The van der Waals surface area contributed by atoms with E-state index in [1.165, 1.54) is 10.8 Å². The molecule has 0 amide bonds. The van der Waals surface area contributed by atoms with Gasteiger partial charge in [-0.05, 0) is 16.3 Å². The van der Waals surface area contributed by atoms with Crippen LogP contribution in [0.4, 0.5) is 0 Å². The number of hydrogen-bond donors (Lipinski definition) is 0. The van der Waals surface area contributed by atoms with E-state index in [4.69, 9.17) is 23.2 Å². The molecule has 0 spiro atoms. The van der Waals surface area contributed by atoms with Crippen LogP contribution in [0.2, 0.25) is 0 Å². The maximum Gasteiger partial charge on any atom is 0.115 e. The number of hydrogen-bond acceptors (Lipinski definition) is 0. The van der Waals surface area contributed by atoms with E-state index < -0.39 is 4.84 Å². The standard InChI is InChI=1S/C12H9Cl2/c13-12(14)8-10-6-3-5-9-4-1-2-7-11(9)10/h1-8,12H. The monoisotopic (exact) mass is 223 g/mol. The van der Waals surface area contributed by atoms with Gasteiger partial charge in [-0.15, -0.1) is 23.2 Å². The van der Waals surface area contributed by atoms with Crippen LogP contribution in [0.3, 0.4) is 0 Å². The minimum atomic E-state index is -0.458. The Morgan fingerprint density at radius 3 is 2.43 bits per heavy atom. The summed E-state index contributed by atoms with van der Waals surface area (Å²) >= 11 is 11.4. The molecule has 0 unspecified atom stereocenters. The number of rotatable bonds is 2. The highest BCUT2D eigenvalue weighted by atomic mass is 35.5. The highest BCUT2D eigenvalue weighted by Crippen LogP contribution is 2.23. The Labute approximate surface area is 93.4 Å². The summed E-state index contributed by atoms with van der Waals surface area (Å²) in [5, 5.41) is 2.39. The summed E-state index contributed by atoms with van der Waals surface area (Å²) in [7, 11) is 0. The van der Waals surface area contributed by atoms with Crippen molar-refractivity contribution < 1.29 is 0 Å². The summed E-state index contributed by atoms with van der Waals surface area (Å²) in [6, 6.07) is 14.3. The molecule has 0 aliphatic rings. The van der Waals surface area contributed by atoms with Gasteiger partial charge in [0.15, 0.2) is 0 Å². The molecule has 0 fully saturated rings. The lowest BCUT2D eigenvalue weighted by Crippen LogP contribution is -1.91. The summed E-state index contributed by atoms with van der Waals surface area (Å²) < 4.78 is 0. The molecule has 1 radical (unpaired) electrons. The van der Waals surface area contributed by atoms with Gasteiger partial charge in [0.25, 0.3) is 0 Å². The molecule has 0 atom stereocenters. The van der Waals surface area contributed by atoms with Gasteiger partial charge in [-0.2, -0.15) is 0 Å². The molecule has 2 aromatic rings. The topological polar surface area (TPSA) is 0 Å². The van der Waals surface area contributed by atoms with Gasteiger partial charge < -0.3 is 0 Å². The number of fused-ring (bicyclic) bond motifs is 1. The molecule has 0 aliphatic carbocycles. The highest BCUT2D eigenvalue weighted by molar-refractivity contribution is 6.45. The summed E-state index contributed by atoms with van der Waals surface area (Å²) in [5.74, 6) is 0. The Kier molecular flexibility index (Phi) is 2.95. The Bertz CT molecular complexity index is 430. The lowest BCUT2D eigenvalue weighted by molar-refractivity contribution is 1.39. The van der Waals surface area contributed by atoms with E-state index in [1.54, 1.807) is 0 Å². The molecule has 0 aliphatic heterocycles. The Morgan fingerprint density at radius 2 is 1.64 bits per heavy atom. The van der Waals surface area contributed by atoms with Crippen LogP contribution >= 0.6 is 23.2 Å². The van der Waals surface area contributed by atoms with Crippen molar-refractivity contribution in [2.24, 2.45) is 0 Å². The van der Waals surface area contributed by atoms with Gasteiger partial charge in [0.2, 0.25) is 0 Å². The van der Waals surface area contributed by atoms with Gasteiger partial charge >= 0.3 is 0 Å². The average molecular weight is 224 g/mol. The van der Waals surface area contributed by atoms with Crippen LogP contribution < -0.4 is 0 Å². The fourth-order valence-electron chi connectivity index (χ4n) is 1.53. The second-order valence-electron chi connectivity index (χ2n) is 3.07. The van der Waals surface area contributed by atoms with Crippen LogP contribution in [0.25, 0.3) is 10.8 Å². The van der Waals surface area contributed by atoms with E-state index in [1.807, 2.05) is 30.7 Å². The minimum absolute atomic E-state index is 0.458. The molecule has 0 nitrogen and oxygen atoms in total. The summed E-state index contributed by atoms with van der Waals surface area (Å²) in [5.41, 5.74) is 1.08. The first-order valence-electron chi connectivity index (χ1n) is 4.38. The van der Waals surface area contributed by atoms with Crippen LogP contribution in [-0.2, 0) is 0 Å². The molecular weight excluding hydrogens is 215 g/mol. The Hall–Kier alpha value is -0.720. The lowest BCUT2D eigenvalue weighted by atomic mass is 10.0. The first-order valence-corrected chi connectivity index (χ1v) is 5.25. The van der Waals surface area contributed by atoms with Crippen LogP contribution in [0.5, 0.6) is 0 Å². The molecule has 0 bridgehead atoms. The first kappa shape index (κ1) is 9.82. The predicted octanol–water partition coefficient (Wildman–Crippen LogP) is 4.20. The molecule has 0 saturated heterocycles. The first-order chi connectivity index (χ1) is 6.77. The van der Waals surface area contributed by atoms with E-state index in [-0.39, 0.29) is 0 Å². The predicted molar refractivity (Wildman–Crippen MR) is 62.8 cm³/mol. The zero-order valence-electron chi connectivity index (χ0n) is 7.45. The van der Waals surface area contributed by atoms with Crippen molar-refractivity contribution in [3.63, 3.8) is 0 Å². The van der Waals surface area contributed by atoms with Gasteiger partial charge in [-0.25, -0.2) is 0 Å². The fraction of sp³-hybridized carbons (Fsp3) is 0.0833. The SMILES string of the molecule is ClC(Cl)[CH]c1cccc2ccccc12. The highest BCUT2D eigenvalue weighted by Gasteiger charge is 2.04. The molecule has 14 heavy (non-hydrogen) atoms. The Balaban J connectivity index is 2.53. The average Bonchev–Trinajstić information content (AvgIpc) is 2.18. The minimum Gasteiger partial charge on any atom is -0.105 e. The van der Waals surface area contributed by atoms with Crippen molar-refractivity contribution >= 4 is 34.0 Å². The molecule has 0 heterocycles. The summed E-state index contributed by atoms with van der Waals surface area (Å²) in [6.45, 7) is 0. The van der Waals surface area contributed by atoms with Crippen molar-refractivity contribution in [1.29, 1.82) is 0 Å². The zero-order chi connectivity index (χ0) is 9.97. The third-order valence-corrected chi connectivity index (χ3v) is 2.38. The second-order valence-corrected chi connectivity index (χ2v) is 4.23. The number of benzene rings is 2. The van der Waals surface area contributed by atoms with E-state index in [0.717, 1.165) is 5.56 Å².